The maximum atomic E-state index is 11.8. The summed E-state index contributed by atoms with van der Waals surface area (Å²) >= 11 is 3.88. The van der Waals surface area contributed by atoms with Crippen molar-refractivity contribution >= 4 is 39.7 Å². The minimum atomic E-state index is 0.176. The summed E-state index contributed by atoms with van der Waals surface area (Å²) in [6, 6.07) is 1.97. The van der Waals surface area contributed by atoms with Gasteiger partial charge >= 0.3 is 0 Å². The topological polar surface area (TPSA) is 17.1 Å². The third-order valence-electron chi connectivity index (χ3n) is 2.02. The van der Waals surface area contributed by atoms with Crippen LogP contribution in [0.5, 0.6) is 0 Å². The summed E-state index contributed by atoms with van der Waals surface area (Å²) in [6.07, 6.45) is 2.07. The minimum Gasteiger partial charge on any atom is -0.294 e. The number of thiophene rings is 1. The van der Waals surface area contributed by atoms with E-state index in [1.165, 1.54) is 2.88 Å². The SMILES string of the molecule is CCCC(C)C(=O)c1csc(I)c1. The molecule has 0 saturated heterocycles. The van der Waals surface area contributed by atoms with Gasteiger partial charge in [0.2, 0.25) is 0 Å². The zero-order valence-electron chi connectivity index (χ0n) is 7.84. The van der Waals surface area contributed by atoms with E-state index in [1.54, 1.807) is 11.3 Å². The average Bonchev–Trinajstić information content (AvgIpc) is 2.51. The van der Waals surface area contributed by atoms with Crippen LogP contribution in [0.2, 0.25) is 0 Å². The number of carbonyl (C=O) groups is 1. The Bertz CT molecular complexity index is 293. The molecule has 1 rings (SSSR count). The molecule has 1 unspecified atom stereocenters. The molecule has 1 atom stereocenters. The van der Waals surface area contributed by atoms with Gasteiger partial charge in [0.1, 0.15) is 0 Å². The Morgan fingerprint density at radius 1 is 1.69 bits per heavy atom. The van der Waals surface area contributed by atoms with Gasteiger partial charge in [0, 0.05) is 16.9 Å². The Morgan fingerprint density at radius 3 is 2.85 bits per heavy atom. The van der Waals surface area contributed by atoms with Gasteiger partial charge in [-0.25, -0.2) is 0 Å². The van der Waals surface area contributed by atoms with Gasteiger partial charge in [-0.2, -0.15) is 0 Å². The first-order valence-corrected chi connectivity index (χ1v) is 6.39. The van der Waals surface area contributed by atoms with Crippen molar-refractivity contribution in [2.24, 2.45) is 5.92 Å². The van der Waals surface area contributed by atoms with Crippen LogP contribution in [0.25, 0.3) is 0 Å². The number of Topliss-reactive ketones (excluding diaryl/α,β-unsaturated/α-hetero) is 1. The van der Waals surface area contributed by atoms with Crippen LogP contribution in [0.1, 0.15) is 37.0 Å². The molecular formula is C10H13IOS. The van der Waals surface area contributed by atoms with Crippen molar-refractivity contribution < 1.29 is 4.79 Å². The summed E-state index contributed by atoms with van der Waals surface area (Å²) in [5, 5.41) is 1.95. The quantitative estimate of drug-likeness (QED) is 0.607. The third-order valence-corrected chi connectivity index (χ3v) is 3.81. The smallest absolute Gasteiger partial charge is 0.166 e. The lowest BCUT2D eigenvalue weighted by atomic mass is 9.97. The maximum absolute atomic E-state index is 11.8. The van der Waals surface area contributed by atoms with Crippen molar-refractivity contribution in [2.75, 3.05) is 0 Å². The molecule has 0 aromatic carbocycles. The molecule has 0 radical (unpaired) electrons. The van der Waals surface area contributed by atoms with Gasteiger partial charge in [-0.3, -0.25) is 4.79 Å². The van der Waals surface area contributed by atoms with Crippen LogP contribution in [0.3, 0.4) is 0 Å². The molecule has 0 amide bonds. The van der Waals surface area contributed by atoms with Crippen molar-refractivity contribution in [1.29, 1.82) is 0 Å². The normalized spacial score (nSPS) is 12.8. The molecule has 0 bridgehead atoms. The van der Waals surface area contributed by atoms with Gasteiger partial charge in [0.05, 0.1) is 2.88 Å². The van der Waals surface area contributed by atoms with Crippen molar-refractivity contribution in [1.82, 2.24) is 0 Å². The standard InChI is InChI=1S/C10H13IOS/c1-3-4-7(2)10(12)8-5-9(11)13-6-8/h5-7H,3-4H2,1-2H3. The first kappa shape index (κ1) is 11.2. The summed E-state index contributed by atoms with van der Waals surface area (Å²) in [5.74, 6) is 0.469. The number of ketones is 1. The highest BCUT2D eigenvalue weighted by Crippen LogP contribution is 2.20. The van der Waals surface area contributed by atoms with E-state index >= 15 is 0 Å². The molecule has 0 aliphatic heterocycles. The summed E-state index contributed by atoms with van der Waals surface area (Å²) in [6.45, 7) is 4.12. The summed E-state index contributed by atoms with van der Waals surface area (Å²) in [7, 11) is 0. The largest absolute Gasteiger partial charge is 0.294 e. The molecule has 1 heterocycles. The van der Waals surface area contributed by atoms with E-state index in [-0.39, 0.29) is 5.92 Å². The molecule has 1 aromatic heterocycles. The Balaban J connectivity index is 2.67. The van der Waals surface area contributed by atoms with Gasteiger partial charge in [-0.05, 0) is 35.1 Å². The molecule has 0 saturated carbocycles. The van der Waals surface area contributed by atoms with Gasteiger partial charge in [0.15, 0.2) is 5.78 Å². The average molecular weight is 308 g/mol. The van der Waals surface area contributed by atoms with Crippen LogP contribution in [0.15, 0.2) is 11.4 Å². The highest BCUT2D eigenvalue weighted by atomic mass is 127. The molecule has 0 aliphatic rings. The second-order valence-electron chi connectivity index (χ2n) is 3.19. The number of halogens is 1. The highest BCUT2D eigenvalue weighted by Gasteiger charge is 2.15. The Labute approximate surface area is 96.7 Å². The van der Waals surface area contributed by atoms with Crippen LogP contribution in [0.4, 0.5) is 0 Å². The van der Waals surface area contributed by atoms with E-state index < -0.39 is 0 Å². The molecule has 72 valence electrons. The fourth-order valence-corrected chi connectivity index (χ4v) is 2.62. The van der Waals surface area contributed by atoms with Gasteiger partial charge in [-0.1, -0.05) is 20.3 Å². The van der Waals surface area contributed by atoms with Gasteiger partial charge in [-0.15, -0.1) is 11.3 Å². The molecule has 0 aliphatic carbocycles. The Morgan fingerprint density at radius 2 is 2.38 bits per heavy atom. The first-order chi connectivity index (χ1) is 6.15. The maximum Gasteiger partial charge on any atom is 0.166 e. The van der Waals surface area contributed by atoms with E-state index in [0.717, 1.165) is 18.4 Å². The van der Waals surface area contributed by atoms with Crippen LogP contribution in [-0.4, -0.2) is 5.78 Å². The highest BCUT2D eigenvalue weighted by molar-refractivity contribution is 14.1. The molecule has 1 aromatic rings. The lowest BCUT2D eigenvalue weighted by molar-refractivity contribution is 0.0924. The summed E-state index contributed by atoms with van der Waals surface area (Å²) in [4.78, 5) is 11.8. The first-order valence-electron chi connectivity index (χ1n) is 4.43. The van der Waals surface area contributed by atoms with Gasteiger partial charge < -0.3 is 0 Å². The van der Waals surface area contributed by atoms with Crippen molar-refractivity contribution in [3.05, 3.63) is 19.9 Å². The molecule has 3 heteroatoms. The predicted octanol–water partition coefficient (Wildman–Crippen LogP) is 3.97. The number of hydrogen-bond donors (Lipinski definition) is 0. The predicted molar refractivity (Wildman–Crippen MR) is 65.4 cm³/mol. The van der Waals surface area contributed by atoms with Crippen LogP contribution >= 0.6 is 33.9 Å². The molecule has 0 fully saturated rings. The Kier molecular flexibility index (Phi) is 4.38. The lowest BCUT2D eigenvalue weighted by Crippen LogP contribution is -2.09. The van der Waals surface area contributed by atoms with Crippen molar-refractivity contribution in [2.45, 2.75) is 26.7 Å². The number of hydrogen-bond acceptors (Lipinski definition) is 2. The zero-order chi connectivity index (χ0) is 9.84. The van der Waals surface area contributed by atoms with E-state index in [0.29, 0.717) is 5.78 Å². The second-order valence-corrected chi connectivity index (χ2v) is 6.00. The van der Waals surface area contributed by atoms with Crippen molar-refractivity contribution in [3.63, 3.8) is 0 Å². The molecular weight excluding hydrogens is 295 g/mol. The van der Waals surface area contributed by atoms with Crippen LogP contribution in [-0.2, 0) is 0 Å². The van der Waals surface area contributed by atoms with Crippen LogP contribution in [0, 0.1) is 8.80 Å². The Hall–Kier alpha value is 0.1000. The van der Waals surface area contributed by atoms with E-state index in [1.807, 2.05) is 18.4 Å². The third kappa shape index (κ3) is 3.06. The van der Waals surface area contributed by atoms with Crippen molar-refractivity contribution in [3.8, 4) is 0 Å². The summed E-state index contributed by atoms with van der Waals surface area (Å²) in [5.41, 5.74) is 0.885. The number of rotatable bonds is 4. The fourth-order valence-electron chi connectivity index (χ4n) is 1.29. The van der Waals surface area contributed by atoms with E-state index in [4.69, 9.17) is 0 Å². The second kappa shape index (κ2) is 5.10. The van der Waals surface area contributed by atoms with Crippen LogP contribution < -0.4 is 0 Å². The fraction of sp³-hybridized carbons (Fsp3) is 0.500. The number of carbonyl (C=O) groups excluding carboxylic acids is 1. The zero-order valence-corrected chi connectivity index (χ0v) is 10.8. The van der Waals surface area contributed by atoms with E-state index in [9.17, 15) is 4.79 Å². The molecule has 1 nitrogen and oxygen atoms in total. The monoisotopic (exact) mass is 308 g/mol. The minimum absolute atomic E-state index is 0.176. The molecule has 0 N–H and O–H groups in total. The summed E-state index contributed by atoms with van der Waals surface area (Å²) < 4.78 is 1.18. The van der Waals surface area contributed by atoms with E-state index in [2.05, 4.69) is 29.5 Å². The van der Waals surface area contributed by atoms with Gasteiger partial charge in [0.25, 0.3) is 0 Å². The lowest BCUT2D eigenvalue weighted by Gasteiger charge is -2.06. The molecule has 13 heavy (non-hydrogen) atoms. The molecule has 0 spiro atoms.